The molecule has 0 aliphatic heterocycles. The molecule has 0 saturated heterocycles. The van der Waals surface area contributed by atoms with E-state index >= 15 is 0 Å². The highest BCUT2D eigenvalue weighted by atomic mass is 79.9. The lowest BCUT2D eigenvalue weighted by molar-refractivity contribution is -0.157. The molecule has 2 rings (SSSR count). The van der Waals surface area contributed by atoms with Gasteiger partial charge in [0.1, 0.15) is 5.75 Å². The Kier molecular flexibility index (Phi) is 7.09. The molecule has 1 aliphatic rings. The maximum Gasteiger partial charge on any atom is 0.344 e. The summed E-state index contributed by atoms with van der Waals surface area (Å²) in [6.45, 7) is 3.50. The Bertz CT molecular complexity index is 578. The molecule has 3 atom stereocenters. The standard InChI is InChI=1S/C18H24BrNO4/c1-12-6-3-4-9-16(12)20-18(22)13(2)24-17(21)11-23-15-8-5-7-14(19)10-15/h5,7-8,10,12-13,16H,3-4,6,9,11H2,1-2H3,(H,20,22)/t12-,13+,16-/m0/s1. The van der Waals surface area contributed by atoms with E-state index in [-0.39, 0.29) is 18.6 Å². The van der Waals surface area contributed by atoms with Crippen molar-refractivity contribution >= 4 is 27.8 Å². The molecule has 1 aromatic carbocycles. The molecule has 1 aliphatic carbocycles. The lowest BCUT2D eigenvalue weighted by atomic mass is 9.86. The normalized spacial score (nSPS) is 21.6. The zero-order valence-electron chi connectivity index (χ0n) is 14.1. The molecule has 0 unspecified atom stereocenters. The van der Waals surface area contributed by atoms with Gasteiger partial charge in [-0.1, -0.05) is 41.8 Å². The zero-order valence-corrected chi connectivity index (χ0v) is 15.7. The summed E-state index contributed by atoms with van der Waals surface area (Å²) in [4.78, 5) is 24.0. The summed E-state index contributed by atoms with van der Waals surface area (Å²) >= 11 is 3.33. The molecule has 24 heavy (non-hydrogen) atoms. The Morgan fingerprint density at radius 3 is 2.79 bits per heavy atom. The minimum Gasteiger partial charge on any atom is -0.482 e. The van der Waals surface area contributed by atoms with Crippen molar-refractivity contribution in [3.05, 3.63) is 28.7 Å². The van der Waals surface area contributed by atoms with E-state index in [0.717, 1.165) is 23.7 Å². The van der Waals surface area contributed by atoms with Gasteiger partial charge < -0.3 is 14.8 Å². The van der Waals surface area contributed by atoms with Crippen molar-refractivity contribution in [3.8, 4) is 5.75 Å². The number of carbonyl (C=O) groups excluding carboxylic acids is 2. The summed E-state index contributed by atoms with van der Waals surface area (Å²) in [5.41, 5.74) is 0. The predicted molar refractivity (Wildman–Crippen MR) is 94.8 cm³/mol. The molecule has 0 heterocycles. The second-order valence-corrected chi connectivity index (χ2v) is 7.17. The molecular formula is C18H24BrNO4. The molecule has 0 radical (unpaired) electrons. The van der Waals surface area contributed by atoms with Crippen molar-refractivity contribution in [2.24, 2.45) is 5.92 Å². The highest BCUT2D eigenvalue weighted by Crippen LogP contribution is 2.23. The fraction of sp³-hybridized carbons (Fsp3) is 0.556. The minimum absolute atomic E-state index is 0.172. The first kappa shape index (κ1) is 18.8. The molecule has 0 bridgehead atoms. The number of ether oxygens (including phenoxy) is 2. The lowest BCUT2D eigenvalue weighted by Gasteiger charge is -2.30. The van der Waals surface area contributed by atoms with Gasteiger partial charge in [0.15, 0.2) is 12.7 Å². The van der Waals surface area contributed by atoms with Crippen LogP contribution in [0.2, 0.25) is 0 Å². The molecule has 0 aromatic heterocycles. The molecule has 6 heteroatoms. The molecule has 1 amide bonds. The third-order valence-electron chi connectivity index (χ3n) is 4.27. The van der Waals surface area contributed by atoms with E-state index in [1.54, 1.807) is 19.1 Å². The molecule has 1 saturated carbocycles. The maximum atomic E-state index is 12.2. The van der Waals surface area contributed by atoms with Crippen molar-refractivity contribution in [1.82, 2.24) is 5.32 Å². The minimum atomic E-state index is -0.822. The third-order valence-corrected chi connectivity index (χ3v) is 4.76. The molecule has 132 valence electrons. The van der Waals surface area contributed by atoms with E-state index in [9.17, 15) is 9.59 Å². The van der Waals surface area contributed by atoms with Crippen LogP contribution in [0.5, 0.6) is 5.75 Å². The Balaban J connectivity index is 1.75. The molecule has 1 N–H and O–H groups in total. The van der Waals surface area contributed by atoms with E-state index in [4.69, 9.17) is 9.47 Å². The number of carbonyl (C=O) groups is 2. The van der Waals surface area contributed by atoms with E-state index in [1.807, 2.05) is 12.1 Å². The van der Waals surface area contributed by atoms with Gasteiger partial charge >= 0.3 is 5.97 Å². The summed E-state index contributed by atoms with van der Waals surface area (Å²) in [6, 6.07) is 7.35. The van der Waals surface area contributed by atoms with Crippen LogP contribution in [0.1, 0.15) is 39.5 Å². The van der Waals surface area contributed by atoms with Crippen LogP contribution in [0.15, 0.2) is 28.7 Å². The molecule has 1 aromatic rings. The first-order valence-electron chi connectivity index (χ1n) is 8.34. The lowest BCUT2D eigenvalue weighted by Crippen LogP contribution is -2.46. The summed E-state index contributed by atoms with van der Waals surface area (Å²) in [6.07, 6.45) is 3.63. The third kappa shape index (κ3) is 5.82. The highest BCUT2D eigenvalue weighted by molar-refractivity contribution is 9.10. The Morgan fingerprint density at radius 1 is 1.33 bits per heavy atom. The van der Waals surface area contributed by atoms with Gasteiger partial charge in [-0.15, -0.1) is 0 Å². The van der Waals surface area contributed by atoms with Crippen LogP contribution < -0.4 is 10.1 Å². The number of hydrogen-bond acceptors (Lipinski definition) is 4. The maximum absolute atomic E-state index is 12.2. The van der Waals surface area contributed by atoms with Crippen LogP contribution in [0, 0.1) is 5.92 Å². The first-order valence-corrected chi connectivity index (χ1v) is 9.13. The largest absolute Gasteiger partial charge is 0.482 e. The average molecular weight is 398 g/mol. The van der Waals surface area contributed by atoms with Gasteiger partial charge in [-0.3, -0.25) is 4.79 Å². The number of esters is 1. The highest BCUT2D eigenvalue weighted by Gasteiger charge is 2.26. The van der Waals surface area contributed by atoms with Crippen LogP contribution in [0.3, 0.4) is 0 Å². The van der Waals surface area contributed by atoms with Gasteiger partial charge in [0.25, 0.3) is 5.91 Å². The van der Waals surface area contributed by atoms with Crippen molar-refractivity contribution in [3.63, 3.8) is 0 Å². The smallest absolute Gasteiger partial charge is 0.344 e. The van der Waals surface area contributed by atoms with Gasteiger partial charge in [0, 0.05) is 10.5 Å². The van der Waals surface area contributed by atoms with Crippen LogP contribution in [-0.4, -0.2) is 30.6 Å². The summed E-state index contributed by atoms with van der Waals surface area (Å²) in [5.74, 6) is 0.221. The number of rotatable bonds is 6. The monoisotopic (exact) mass is 397 g/mol. The number of halogens is 1. The first-order chi connectivity index (χ1) is 11.5. The molecular weight excluding hydrogens is 374 g/mol. The van der Waals surface area contributed by atoms with E-state index in [1.165, 1.54) is 6.42 Å². The topological polar surface area (TPSA) is 64.6 Å². The molecule has 0 spiro atoms. The van der Waals surface area contributed by atoms with E-state index in [0.29, 0.717) is 11.7 Å². The van der Waals surface area contributed by atoms with Gasteiger partial charge in [0.2, 0.25) is 0 Å². The number of amides is 1. The SMILES string of the molecule is C[C@@H](OC(=O)COc1cccc(Br)c1)C(=O)N[C@H]1CCCC[C@@H]1C. The summed E-state index contributed by atoms with van der Waals surface area (Å²) < 4.78 is 11.4. The van der Waals surface area contributed by atoms with Crippen molar-refractivity contribution in [1.29, 1.82) is 0 Å². The average Bonchev–Trinajstić information content (AvgIpc) is 2.55. The van der Waals surface area contributed by atoms with Gasteiger partial charge in [0.05, 0.1) is 0 Å². The Hall–Kier alpha value is -1.56. The molecule has 1 fully saturated rings. The molecule has 5 nitrogen and oxygen atoms in total. The van der Waals surface area contributed by atoms with E-state index < -0.39 is 12.1 Å². The number of hydrogen-bond donors (Lipinski definition) is 1. The Morgan fingerprint density at radius 2 is 2.08 bits per heavy atom. The van der Waals surface area contributed by atoms with Crippen LogP contribution in [-0.2, 0) is 14.3 Å². The van der Waals surface area contributed by atoms with Gasteiger partial charge in [-0.25, -0.2) is 4.79 Å². The fourth-order valence-electron chi connectivity index (χ4n) is 2.81. The second-order valence-electron chi connectivity index (χ2n) is 6.25. The van der Waals surface area contributed by atoms with Gasteiger partial charge in [-0.05, 0) is 43.9 Å². The van der Waals surface area contributed by atoms with Crippen LogP contribution in [0.25, 0.3) is 0 Å². The second kappa shape index (κ2) is 9.06. The van der Waals surface area contributed by atoms with Crippen LogP contribution in [0.4, 0.5) is 0 Å². The van der Waals surface area contributed by atoms with Crippen molar-refractivity contribution in [2.45, 2.75) is 51.7 Å². The van der Waals surface area contributed by atoms with Gasteiger partial charge in [-0.2, -0.15) is 0 Å². The number of benzene rings is 1. The zero-order chi connectivity index (χ0) is 17.5. The Labute approximate surface area is 151 Å². The summed E-state index contributed by atoms with van der Waals surface area (Å²) in [5, 5.41) is 2.99. The number of nitrogens with one attached hydrogen (secondary N) is 1. The summed E-state index contributed by atoms with van der Waals surface area (Å²) in [7, 11) is 0. The van der Waals surface area contributed by atoms with Crippen molar-refractivity contribution in [2.75, 3.05) is 6.61 Å². The predicted octanol–water partition coefficient (Wildman–Crippen LogP) is 3.45. The van der Waals surface area contributed by atoms with Crippen molar-refractivity contribution < 1.29 is 19.1 Å². The quantitative estimate of drug-likeness (QED) is 0.746. The fourth-order valence-corrected chi connectivity index (χ4v) is 3.19. The van der Waals surface area contributed by atoms with E-state index in [2.05, 4.69) is 28.2 Å². The van der Waals surface area contributed by atoms with Crippen LogP contribution >= 0.6 is 15.9 Å².